The molecular formula is C8H10BrNO3S. The molecule has 0 aromatic carbocycles. The second-order valence-corrected chi connectivity index (χ2v) is 4.70. The third-order valence-electron chi connectivity index (χ3n) is 1.38. The highest BCUT2D eigenvalue weighted by atomic mass is 79.9. The Morgan fingerprint density at radius 1 is 1.64 bits per heavy atom. The first-order valence-corrected chi connectivity index (χ1v) is 5.56. The molecule has 0 radical (unpaired) electrons. The molecule has 0 aliphatic carbocycles. The third kappa shape index (κ3) is 3.75. The zero-order chi connectivity index (χ0) is 10.4. The molecule has 1 aromatic rings. The summed E-state index contributed by atoms with van der Waals surface area (Å²) in [5.74, 6) is -0.247. The summed E-state index contributed by atoms with van der Waals surface area (Å²) in [5, 5.41) is 1.75. The van der Waals surface area contributed by atoms with Crippen LogP contribution in [0.2, 0.25) is 0 Å². The molecule has 78 valence electrons. The van der Waals surface area contributed by atoms with Crippen LogP contribution in [0.25, 0.3) is 0 Å². The van der Waals surface area contributed by atoms with Gasteiger partial charge in [-0.15, -0.1) is 11.3 Å². The number of carbonyl (C=O) groups excluding carboxylic acids is 1. The van der Waals surface area contributed by atoms with Gasteiger partial charge in [0.2, 0.25) is 0 Å². The Labute approximate surface area is 94.3 Å². The zero-order valence-electron chi connectivity index (χ0n) is 7.58. The molecule has 1 N–H and O–H groups in total. The second kappa shape index (κ2) is 6.13. The first-order chi connectivity index (χ1) is 6.74. The molecule has 0 aliphatic rings. The SMILES string of the molecule is COCCONC(=O)c1csc(Br)c1. The van der Waals surface area contributed by atoms with E-state index >= 15 is 0 Å². The van der Waals surface area contributed by atoms with Gasteiger partial charge in [0.25, 0.3) is 5.91 Å². The molecule has 1 heterocycles. The highest BCUT2D eigenvalue weighted by Gasteiger charge is 2.06. The number of thiophene rings is 1. The summed E-state index contributed by atoms with van der Waals surface area (Å²) in [6.07, 6.45) is 0. The Balaban J connectivity index is 2.29. The highest BCUT2D eigenvalue weighted by Crippen LogP contribution is 2.20. The predicted octanol–water partition coefficient (Wildman–Crippen LogP) is 1.82. The van der Waals surface area contributed by atoms with E-state index in [9.17, 15) is 4.79 Å². The van der Waals surface area contributed by atoms with Gasteiger partial charge in [-0.2, -0.15) is 0 Å². The van der Waals surface area contributed by atoms with Crippen molar-refractivity contribution in [3.05, 3.63) is 20.8 Å². The quantitative estimate of drug-likeness (QED) is 0.661. The molecule has 1 rings (SSSR count). The minimum absolute atomic E-state index is 0.247. The summed E-state index contributed by atoms with van der Waals surface area (Å²) in [4.78, 5) is 16.2. The average molecular weight is 280 g/mol. The van der Waals surface area contributed by atoms with E-state index in [-0.39, 0.29) is 5.91 Å². The van der Waals surface area contributed by atoms with Crippen LogP contribution in [0.1, 0.15) is 10.4 Å². The maximum Gasteiger partial charge on any atom is 0.275 e. The molecule has 0 unspecified atom stereocenters. The molecule has 0 fully saturated rings. The van der Waals surface area contributed by atoms with Crippen molar-refractivity contribution in [2.75, 3.05) is 20.3 Å². The van der Waals surface area contributed by atoms with Crippen molar-refractivity contribution in [3.8, 4) is 0 Å². The summed E-state index contributed by atoms with van der Waals surface area (Å²) < 4.78 is 5.67. The van der Waals surface area contributed by atoms with Crippen LogP contribution in [-0.4, -0.2) is 26.2 Å². The van der Waals surface area contributed by atoms with Crippen LogP contribution in [0, 0.1) is 0 Å². The molecule has 0 saturated heterocycles. The van der Waals surface area contributed by atoms with Gasteiger partial charge in [0.15, 0.2) is 0 Å². The zero-order valence-corrected chi connectivity index (χ0v) is 9.98. The lowest BCUT2D eigenvalue weighted by molar-refractivity contribution is 0.00891. The van der Waals surface area contributed by atoms with Crippen LogP contribution in [0.5, 0.6) is 0 Å². The van der Waals surface area contributed by atoms with Crippen molar-refractivity contribution in [1.29, 1.82) is 0 Å². The standard InChI is InChI=1S/C8H10BrNO3S/c1-12-2-3-13-10-8(11)6-4-7(9)14-5-6/h4-5H,2-3H2,1H3,(H,10,11). The Bertz CT molecular complexity index is 303. The first-order valence-electron chi connectivity index (χ1n) is 3.89. The van der Waals surface area contributed by atoms with Crippen molar-refractivity contribution >= 4 is 33.2 Å². The summed E-state index contributed by atoms with van der Waals surface area (Å²) in [5.41, 5.74) is 2.90. The van der Waals surface area contributed by atoms with Crippen LogP contribution in [-0.2, 0) is 9.57 Å². The van der Waals surface area contributed by atoms with E-state index in [1.165, 1.54) is 11.3 Å². The highest BCUT2D eigenvalue weighted by molar-refractivity contribution is 9.11. The molecule has 4 nitrogen and oxygen atoms in total. The summed E-state index contributed by atoms with van der Waals surface area (Å²) in [6, 6.07) is 1.74. The minimum atomic E-state index is -0.247. The number of rotatable bonds is 5. The van der Waals surface area contributed by atoms with Crippen LogP contribution >= 0.6 is 27.3 Å². The normalized spacial score (nSPS) is 10.1. The molecule has 0 spiro atoms. The van der Waals surface area contributed by atoms with Crippen molar-refractivity contribution in [3.63, 3.8) is 0 Å². The van der Waals surface area contributed by atoms with E-state index in [2.05, 4.69) is 21.4 Å². The number of amides is 1. The second-order valence-electron chi connectivity index (χ2n) is 2.41. The molecule has 1 aromatic heterocycles. The lowest BCUT2D eigenvalue weighted by Crippen LogP contribution is -2.24. The van der Waals surface area contributed by atoms with Gasteiger partial charge in [-0.3, -0.25) is 9.63 Å². The summed E-state index contributed by atoms with van der Waals surface area (Å²) in [7, 11) is 1.57. The minimum Gasteiger partial charge on any atom is -0.382 e. The Hall–Kier alpha value is -0.430. The van der Waals surface area contributed by atoms with Crippen LogP contribution in [0.15, 0.2) is 15.2 Å². The van der Waals surface area contributed by atoms with Crippen molar-refractivity contribution in [2.45, 2.75) is 0 Å². The maximum absolute atomic E-state index is 11.3. The monoisotopic (exact) mass is 279 g/mol. The number of carbonyl (C=O) groups is 1. The fourth-order valence-corrected chi connectivity index (χ4v) is 1.87. The predicted molar refractivity (Wildman–Crippen MR) is 57.3 cm³/mol. The van der Waals surface area contributed by atoms with E-state index in [0.29, 0.717) is 18.8 Å². The lowest BCUT2D eigenvalue weighted by Gasteiger charge is -2.03. The van der Waals surface area contributed by atoms with Crippen LogP contribution in [0.3, 0.4) is 0 Å². The van der Waals surface area contributed by atoms with E-state index in [1.54, 1.807) is 18.6 Å². The first kappa shape index (κ1) is 11.6. The molecule has 1 amide bonds. The summed E-state index contributed by atoms with van der Waals surface area (Å²) in [6.45, 7) is 0.793. The largest absolute Gasteiger partial charge is 0.382 e. The van der Waals surface area contributed by atoms with Crippen LogP contribution in [0.4, 0.5) is 0 Å². The molecule has 14 heavy (non-hydrogen) atoms. The number of nitrogens with one attached hydrogen (secondary N) is 1. The molecule has 6 heteroatoms. The van der Waals surface area contributed by atoms with E-state index in [4.69, 9.17) is 9.57 Å². The Morgan fingerprint density at radius 3 is 3.00 bits per heavy atom. The smallest absolute Gasteiger partial charge is 0.275 e. The van der Waals surface area contributed by atoms with Crippen molar-refractivity contribution in [2.24, 2.45) is 0 Å². The van der Waals surface area contributed by atoms with E-state index < -0.39 is 0 Å². The Morgan fingerprint density at radius 2 is 2.43 bits per heavy atom. The number of hydroxylamine groups is 1. The third-order valence-corrected chi connectivity index (χ3v) is 2.89. The van der Waals surface area contributed by atoms with Gasteiger partial charge < -0.3 is 4.74 Å². The van der Waals surface area contributed by atoms with Gasteiger partial charge in [0.1, 0.15) is 0 Å². The molecule has 0 aliphatic heterocycles. The number of halogens is 1. The van der Waals surface area contributed by atoms with Crippen molar-refractivity contribution < 1.29 is 14.4 Å². The lowest BCUT2D eigenvalue weighted by atomic mass is 10.3. The average Bonchev–Trinajstić information content (AvgIpc) is 2.59. The number of hydrogen-bond acceptors (Lipinski definition) is 4. The van der Waals surface area contributed by atoms with Gasteiger partial charge in [-0.25, -0.2) is 5.48 Å². The van der Waals surface area contributed by atoms with Gasteiger partial charge in [0, 0.05) is 12.5 Å². The van der Waals surface area contributed by atoms with Gasteiger partial charge in [0.05, 0.1) is 22.6 Å². The van der Waals surface area contributed by atoms with Gasteiger partial charge in [-0.1, -0.05) is 0 Å². The van der Waals surface area contributed by atoms with Gasteiger partial charge >= 0.3 is 0 Å². The fourth-order valence-electron chi connectivity index (χ4n) is 0.730. The Kier molecular flexibility index (Phi) is 5.10. The number of methoxy groups -OCH3 is 1. The molecular weight excluding hydrogens is 270 g/mol. The summed E-state index contributed by atoms with van der Waals surface area (Å²) >= 11 is 4.72. The number of ether oxygens (including phenoxy) is 1. The number of hydrogen-bond donors (Lipinski definition) is 1. The van der Waals surface area contributed by atoms with Crippen LogP contribution < -0.4 is 5.48 Å². The molecule has 0 bridgehead atoms. The topological polar surface area (TPSA) is 47.6 Å². The fraction of sp³-hybridized carbons (Fsp3) is 0.375. The maximum atomic E-state index is 11.3. The van der Waals surface area contributed by atoms with E-state index in [0.717, 1.165) is 3.79 Å². The van der Waals surface area contributed by atoms with Gasteiger partial charge in [-0.05, 0) is 22.0 Å². The van der Waals surface area contributed by atoms with E-state index in [1.807, 2.05) is 0 Å². The molecule has 0 atom stereocenters. The van der Waals surface area contributed by atoms with Crippen molar-refractivity contribution in [1.82, 2.24) is 5.48 Å². The molecule has 0 saturated carbocycles.